The Balaban J connectivity index is 1.26. The molecule has 46 heavy (non-hydrogen) atoms. The second-order valence-corrected chi connectivity index (χ2v) is 11.6. The van der Waals surface area contributed by atoms with Crippen LogP contribution in [0.5, 0.6) is 0 Å². The van der Waals surface area contributed by atoms with Crippen LogP contribution < -0.4 is 5.32 Å². The van der Waals surface area contributed by atoms with Crippen LogP contribution in [0.2, 0.25) is 0 Å². The third-order valence-electron chi connectivity index (χ3n) is 7.84. The molecule has 2 aromatic heterocycles. The molecule has 1 N–H and O–H groups in total. The van der Waals surface area contributed by atoms with Crippen LogP contribution in [0.1, 0.15) is 45.6 Å². The third kappa shape index (κ3) is 6.21. The number of hydrogen-bond donors (Lipinski definition) is 1. The van der Waals surface area contributed by atoms with Gasteiger partial charge in [0.15, 0.2) is 17.5 Å². The van der Waals surface area contributed by atoms with Crippen molar-refractivity contribution in [1.29, 1.82) is 0 Å². The molecular formula is C39H33N7. The molecule has 0 radical (unpaired) electrons. The van der Waals surface area contributed by atoms with Crippen molar-refractivity contribution >= 4 is 11.7 Å². The van der Waals surface area contributed by atoms with Crippen molar-refractivity contribution in [1.82, 2.24) is 25.3 Å². The maximum Gasteiger partial charge on any atom is 0.159 e. The van der Waals surface area contributed by atoms with Crippen LogP contribution in [-0.2, 0) is 0 Å². The fraction of sp³-hybridized carbons (Fsp3) is 0.128. The Morgan fingerprint density at radius 2 is 0.957 bits per heavy atom. The number of aryl methyl sites for hydroxylation is 4. The molecule has 4 aromatic carbocycles. The van der Waals surface area contributed by atoms with Crippen molar-refractivity contribution in [3.8, 4) is 33.9 Å². The number of aliphatic imine (C=N–C) groups is 2. The zero-order valence-electron chi connectivity index (χ0n) is 26.2. The first-order valence-corrected chi connectivity index (χ1v) is 15.3. The lowest BCUT2D eigenvalue weighted by atomic mass is 10.0. The van der Waals surface area contributed by atoms with E-state index in [-0.39, 0.29) is 6.17 Å². The maximum atomic E-state index is 5.10. The average Bonchev–Trinajstić information content (AvgIpc) is 3.08. The minimum Gasteiger partial charge on any atom is -0.344 e. The van der Waals surface area contributed by atoms with Crippen LogP contribution in [0.3, 0.4) is 0 Å². The first kappa shape index (κ1) is 28.9. The molecule has 1 atom stereocenters. The first-order chi connectivity index (χ1) is 22.4. The van der Waals surface area contributed by atoms with Gasteiger partial charge < -0.3 is 5.32 Å². The van der Waals surface area contributed by atoms with Crippen LogP contribution in [0.15, 0.2) is 125 Å². The van der Waals surface area contributed by atoms with Crippen LogP contribution >= 0.6 is 0 Å². The Kier molecular flexibility index (Phi) is 7.72. The van der Waals surface area contributed by atoms with Crippen LogP contribution in [0, 0.1) is 27.7 Å². The first-order valence-electron chi connectivity index (χ1n) is 15.3. The van der Waals surface area contributed by atoms with Gasteiger partial charge in [-0.15, -0.1) is 0 Å². The highest BCUT2D eigenvalue weighted by Gasteiger charge is 2.22. The monoisotopic (exact) mass is 599 g/mol. The summed E-state index contributed by atoms with van der Waals surface area (Å²) in [7, 11) is 0. The van der Waals surface area contributed by atoms with Gasteiger partial charge in [-0.2, -0.15) is 0 Å². The number of hydrogen-bond acceptors (Lipinski definition) is 7. The molecule has 7 nitrogen and oxygen atoms in total. The van der Waals surface area contributed by atoms with Gasteiger partial charge in [0.2, 0.25) is 0 Å². The molecule has 0 bridgehead atoms. The fourth-order valence-corrected chi connectivity index (χ4v) is 5.67. The predicted octanol–water partition coefficient (Wildman–Crippen LogP) is 8.00. The highest BCUT2D eigenvalue weighted by molar-refractivity contribution is 6.13. The van der Waals surface area contributed by atoms with E-state index in [2.05, 4.69) is 98.0 Å². The fourth-order valence-electron chi connectivity index (χ4n) is 5.67. The predicted molar refractivity (Wildman–Crippen MR) is 185 cm³/mol. The molecule has 1 unspecified atom stereocenters. The molecule has 3 heterocycles. The SMILES string of the molecule is Cc1cc(C)nc(-c2ccc(C3=NC(c4ccc(-c5nc(C)cc(C)n5)cc4)NC(c4cccc(-c5ccccc5)c4)=N3)cc2)n1. The number of rotatable bonds is 6. The van der Waals surface area contributed by atoms with Gasteiger partial charge in [-0.25, -0.2) is 29.9 Å². The van der Waals surface area contributed by atoms with Gasteiger partial charge in [0.25, 0.3) is 0 Å². The molecule has 0 fully saturated rings. The van der Waals surface area contributed by atoms with Gasteiger partial charge in [0.05, 0.1) is 0 Å². The molecule has 7 rings (SSSR count). The van der Waals surface area contributed by atoms with E-state index < -0.39 is 0 Å². The van der Waals surface area contributed by atoms with E-state index in [1.54, 1.807) is 0 Å². The van der Waals surface area contributed by atoms with Gasteiger partial charge in [0.1, 0.15) is 12.0 Å². The molecule has 1 aliphatic heterocycles. The summed E-state index contributed by atoms with van der Waals surface area (Å²) in [6.45, 7) is 7.95. The molecule has 0 amide bonds. The highest BCUT2D eigenvalue weighted by atomic mass is 15.2. The Bertz CT molecular complexity index is 2060. The Morgan fingerprint density at radius 1 is 0.457 bits per heavy atom. The summed E-state index contributed by atoms with van der Waals surface area (Å²) in [5.41, 5.74) is 10.9. The molecule has 224 valence electrons. The summed E-state index contributed by atoms with van der Waals surface area (Å²) in [6, 6.07) is 39.2. The third-order valence-corrected chi connectivity index (χ3v) is 7.84. The quantitative estimate of drug-likeness (QED) is 0.210. The molecule has 1 aliphatic rings. The highest BCUT2D eigenvalue weighted by Crippen LogP contribution is 2.27. The van der Waals surface area contributed by atoms with E-state index >= 15 is 0 Å². The van der Waals surface area contributed by atoms with Crippen molar-refractivity contribution in [3.63, 3.8) is 0 Å². The summed E-state index contributed by atoms with van der Waals surface area (Å²) < 4.78 is 0. The van der Waals surface area contributed by atoms with Gasteiger partial charge in [-0.3, -0.25) is 0 Å². The minimum absolute atomic E-state index is 0.348. The van der Waals surface area contributed by atoms with Gasteiger partial charge >= 0.3 is 0 Å². The number of nitrogens with zero attached hydrogens (tertiary/aromatic N) is 6. The smallest absolute Gasteiger partial charge is 0.159 e. The molecule has 7 heteroatoms. The standard InChI is InChI=1S/C39H33N7/c1-24-21-25(2)41-35(40-24)29-13-17-31(18-14-29)37-44-38(32-19-15-30(16-20-32)36-42-26(3)22-27(4)43-36)46-39(45-37)34-12-8-11-33(23-34)28-9-6-5-7-10-28/h5-23,37H,1-4H3,(H,44,45,46). The van der Waals surface area contributed by atoms with Crippen molar-refractivity contribution in [2.24, 2.45) is 9.98 Å². The number of aromatic nitrogens is 4. The summed E-state index contributed by atoms with van der Waals surface area (Å²) in [4.78, 5) is 28.7. The van der Waals surface area contributed by atoms with Crippen LogP contribution in [0.25, 0.3) is 33.9 Å². The number of benzene rings is 4. The molecule has 6 aromatic rings. The average molecular weight is 600 g/mol. The number of amidine groups is 2. The Hall–Kier alpha value is -5.82. The lowest BCUT2D eigenvalue weighted by Gasteiger charge is -2.24. The van der Waals surface area contributed by atoms with E-state index in [0.717, 1.165) is 73.4 Å². The van der Waals surface area contributed by atoms with Crippen molar-refractivity contribution in [3.05, 3.63) is 155 Å². The zero-order chi connectivity index (χ0) is 31.6. The van der Waals surface area contributed by atoms with Crippen LogP contribution in [0.4, 0.5) is 0 Å². The maximum absolute atomic E-state index is 5.10. The Labute approximate surface area is 268 Å². The molecule has 0 saturated heterocycles. The van der Waals surface area contributed by atoms with E-state index in [9.17, 15) is 0 Å². The molecular weight excluding hydrogens is 566 g/mol. The Morgan fingerprint density at radius 3 is 1.54 bits per heavy atom. The minimum atomic E-state index is -0.348. The lowest BCUT2D eigenvalue weighted by molar-refractivity contribution is 0.674. The zero-order valence-corrected chi connectivity index (χ0v) is 26.2. The van der Waals surface area contributed by atoms with Gasteiger partial charge in [0, 0.05) is 45.0 Å². The van der Waals surface area contributed by atoms with Crippen molar-refractivity contribution in [2.45, 2.75) is 33.9 Å². The second kappa shape index (κ2) is 12.3. The largest absolute Gasteiger partial charge is 0.344 e. The van der Waals surface area contributed by atoms with Gasteiger partial charge in [-0.1, -0.05) is 97.1 Å². The second-order valence-electron chi connectivity index (χ2n) is 11.6. The van der Waals surface area contributed by atoms with E-state index in [1.807, 2.05) is 70.2 Å². The van der Waals surface area contributed by atoms with Crippen molar-refractivity contribution < 1.29 is 0 Å². The molecule has 0 spiro atoms. The molecule has 0 aliphatic carbocycles. The van der Waals surface area contributed by atoms with E-state index in [0.29, 0.717) is 11.7 Å². The summed E-state index contributed by atoms with van der Waals surface area (Å²) in [5, 5.41) is 3.60. The lowest BCUT2D eigenvalue weighted by Crippen LogP contribution is -2.33. The summed E-state index contributed by atoms with van der Waals surface area (Å²) in [5.74, 6) is 2.84. The van der Waals surface area contributed by atoms with E-state index in [4.69, 9.17) is 9.98 Å². The van der Waals surface area contributed by atoms with Crippen molar-refractivity contribution in [2.75, 3.05) is 0 Å². The summed E-state index contributed by atoms with van der Waals surface area (Å²) in [6.07, 6.45) is -0.348. The number of nitrogens with one attached hydrogen (secondary N) is 1. The normalized spacial score (nSPS) is 14.3. The van der Waals surface area contributed by atoms with Crippen LogP contribution in [-0.4, -0.2) is 31.6 Å². The topological polar surface area (TPSA) is 88.3 Å². The summed E-state index contributed by atoms with van der Waals surface area (Å²) >= 11 is 0. The molecule has 0 saturated carbocycles. The van der Waals surface area contributed by atoms with E-state index in [1.165, 1.54) is 0 Å². The van der Waals surface area contributed by atoms with Gasteiger partial charge in [-0.05, 0) is 62.6 Å².